The van der Waals surface area contributed by atoms with Gasteiger partial charge in [0.15, 0.2) is 0 Å². The van der Waals surface area contributed by atoms with Crippen molar-refractivity contribution < 1.29 is 9.84 Å². The summed E-state index contributed by atoms with van der Waals surface area (Å²) >= 11 is 0. The van der Waals surface area contributed by atoms with Gasteiger partial charge in [-0.3, -0.25) is 0 Å². The van der Waals surface area contributed by atoms with Gasteiger partial charge in [0.25, 0.3) is 0 Å². The predicted octanol–water partition coefficient (Wildman–Crippen LogP) is 4.79. The van der Waals surface area contributed by atoms with Crippen LogP contribution >= 0.6 is 0 Å². The highest BCUT2D eigenvalue weighted by molar-refractivity contribution is 5.75. The van der Waals surface area contributed by atoms with E-state index in [0.29, 0.717) is 12.8 Å². The van der Waals surface area contributed by atoms with Crippen molar-refractivity contribution in [3.63, 3.8) is 0 Å². The summed E-state index contributed by atoms with van der Waals surface area (Å²) in [5.41, 5.74) is 2.65. The van der Waals surface area contributed by atoms with Gasteiger partial charge in [-0.05, 0) is 41.7 Å². The third kappa shape index (κ3) is 4.15. The van der Waals surface area contributed by atoms with E-state index in [1.807, 2.05) is 42.5 Å². The second-order valence-corrected chi connectivity index (χ2v) is 6.34. The first kappa shape index (κ1) is 16.5. The first-order chi connectivity index (χ1) is 11.7. The van der Waals surface area contributed by atoms with Gasteiger partial charge >= 0.3 is 0 Å². The van der Waals surface area contributed by atoms with E-state index in [4.69, 9.17) is 4.74 Å². The highest BCUT2D eigenvalue weighted by atomic mass is 16.5. The maximum Gasteiger partial charge on any atom is 0.119 e. The Balaban J connectivity index is 1.66. The number of hydrogen-bond donors (Lipinski definition) is 1. The fraction of sp³-hybridized carbons (Fsp3) is 0.273. The average molecular weight is 320 g/mol. The molecule has 24 heavy (non-hydrogen) atoms. The van der Waals surface area contributed by atoms with E-state index in [0.717, 1.165) is 35.5 Å². The third-order valence-corrected chi connectivity index (χ3v) is 4.26. The predicted molar refractivity (Wildman–Crippen MR) is 99.1 cm³/mol. The van der Waals surface area contributed by atoms with Crippen LogP contribution in [-0.2, 0) is 6.42 Å². The van der Waals surface area contributed by atoms with Gasteiger partial charge < -0.3 is 9.84 Å². The van der Waals surface area contributed by atoms with Crippen molar-refractivity contribution in [2.45, 2.75) is 31.8 Å². The molecule has 0 radical (unpaired) electrons. The van der Waals surface area contributed by atoms with Gasteiger partial charge in [0.2, 0.25) is 0 Å². The fourth-order valence-electron chi connectivity index (χ4n) is 2.93. The molecule has 3 rings (SSSR count). The minimum absolute atomic E-state index is 0.627. The van der Waals surface area contributed by atoms with Gasteiger partial charge in [-0.2, -0.15) is 0 Å². The Bertz CT molecular complexity index is 713. The molecule has 1 aliphatic rings. The normalized spacial score (nSPS) is 19.8. The second kappa shape index (κ2) is 7.50. The molecule has 0 spiro atoms. The van der Waals surface area contributed by atoms with Crippen LogP contribution < -0.4 is 4.74 Å². The first-order valence-corrected chi connectivity index (χ1v) is 8.57. The van der Waals surface area contributed by atoms with Crippen molar-refractivity contribution >= 4 is 5.57 Å². The molecule has 1 aliphatic carbocycles. The van der Waals surface area contributed by atoms with Crippen LogP contribution in [0.5, 0.6) is 5.75 Å². The van der Waals surface area contributed by atoms with E-state index in [1.54, 1.807) is 0 Å². The van der Waals surface area contributed by atoms with Crippen LogP contribution in [0.3, 0.4) is 0 Å². The van der Waals surface area contributed by atoms with E-state index >= 15 is 0 Å². The van der Waals surface area contributed by atoms with E-state index in [1.165, 1.54) is 0 Å². The number of hydrogen-bond acceptors (Lipinski definition) is 2. The molecule has 0 heterocycles. The van der Waals surface area contributed by atoms with Crippen LogP contribution in [-0.4, -0.2) is 17.3 Å². The Labute approximate surface area is 144 Å². The summed E-state index contributed by atoms with van der Waals surface area (Å²) < 4.78 is 5.62. The van der Waals surface area contributed by atoms with Gasteiger partial charge in [0.1, 0.15) is 5.75 Å². The third-order valence-electron chi connectivity index (χ3n) is 4.26. The molecule has 0 saturated heterocycles. The molecule has 0 aliphatic heterocycles. The van der Waals surface area contributed by atoms with Crippen LogP contribution in [0.25, 0.3) is 5.57 Å². The summed E-state index contributed by atoms with van der Waals surface area (Å²) in [5, 5.41) is 10.8. The summed E-state index contributed by atoms with van der Waals surface area (Å²) in [5.74, 6) is 0.904. The van der Waals surface area contributed by atoms with E-state index in [-0.39, 0.29) is 0 Å². The smallest absolute Gasteiger partial charge is 0.119 e. The Morgan fingerprint density at radius 2 is 1.79 bits per heavy atom. The van der Waals surface area contributed by atoms with E-state index in [9.17, 15) is 5.11 Å². The molecule has 1 unspecified atom stereocenters. The van der Waals surface area contributed by atoms with Crippen LogP contribution in [0.1, 0.15) is 30.9 Å². The van der Waals surface area contributed by atoms with Gasteiger partial charge in [0.05, 0.1) is 12.2 Å². The molecule has 1 atom stereocenters. The van der Waals surface area contributed by atoms with Crippen molar-refractivity contribution in [1.29, 1.82) is 0 Å². The summed E-state index contributed by atoms with van der Waals surface area (Å²) in [6.45, 7) is 2.84. The van der Waals surface area contributed by atoms with Crippen molar-refractivity contribution in [3.8, 4) is 5.75 Å². The lowest BCUT2D eigenvalue weighted by atomic mass is 9.85. The molecule has 2 nitrogen and oxygen atoms in total. The topological polar surface area (TPSA) is 29.5 Å². The zero-order chi connectivity index (χ0) is 16.8. The first-order valence-electron chi connectivity index (χ1n) is 8.57. The zero-order valence-corrected chi connectivity index (χ0v) is 14.1. The van der Waals surface area contributed by atoms with Crippen molar-refractivity contribution in [1.82, 2.24) is 0 Å². The molecule has 2 aromatic carbocycles. The minimum Gasteiger partial charge on any atom is -0.494 e. The van der Waals surface area contributed by atoms with E-state index in [2.05, 4.69) is 37.3 Å². The monoisotopic (exact) mass is 320 g/mol. The molecule has 2 aromatic rings. The molecule has 2 heteroatoms. The Hall–Kier alpha value is -2.32. The summed E-state index contributed by atoms with van der Waals surface area (Å²) in [6, 6.07) is 18.3. The lowest BCUT2D eigenvalue weighted by Crippen LogP contribution is -2.29. The van der Waals surface area contributed by atoms with Gasteiger partial charge in [0, 0.05) is 6.42 Å². The van der Waals surface area contributed by atoms with Crippen molar-refractivity contribution in [2.75, 3.05) is 6.61 Å². The molecule has 0 fully saturated rings. The zero-order valence-electron chi connectivity index (χ0n) is 14.1. The van der Waals surface area contributed by atoms with Crippen LogP contribution in [0, 0.1) is 0 Å². The van der Waals surface area contributed by atoms with Crippen LogP contribution in [0.2, 0.25) is 0 Å². The van der Waals surface area contributed by atoms with Gasteiger partial charge in [-0.1, -0.05) is 67.6 Å². The number of aliphatic hydroxyl groups is 1. The molecular weight excluding hydrogens is 296 g/mol. The maximum absolute atomic E-state index is 10.8. The molecule has 0 amide bonds. The highest BCUT2D eigenvalue weighted by Crippen LogP contribution is 2.30. The number of allylic oxidation sites excluding steroid dienone is 2. The standard InChI is InChI=1S/C22H24O2/c1-2-16-24-21-10-8-19(9-11-21)20-12-14-22(23,15-13-20)17-18-6-4-3-5-7-18/h3-14,23H,2,15-17H2,1H3. The molecule has 1 N–H and O–H groups in total. The molecule has 0 bridgehead atoms. The van der Waals surface area contributed by atoms with Gasteiger partial charge in [-0.25, -0.2) is 0 Å². The van der Waals surface area contributed by atoms with Crippen molar-refractivity contribution in [3.05, 3.63) is 84.0 Å². The Kier molecular flexibility index (Phi) is 5.17. The average Bonchev–Trinajstić information content (AvgIpc) is 2.62. The lowest BCUT2D eigenvalue weighted by Gasteiger charge is -2.27. The number of rotatable bonds is 6. The second-order valence-electron chi connectivity index (χ2n) is 6.34. The molecule has 0 saturated carbocycles. The fourth-order valence-corrected chi connectivity index (χ4v) is 2.93. The van der Waals surface area contributed by atoms with E-state index < -0.39 is 5.60 Å². The quantitative estimate of drug-likeness (QED) is 0.829. The summed E-state index contributed by atoms with van der Waals surface area (Å²) in [7, 11) is 0. The largest absolute Gasteiger partial charge is 0.494 e. The number of ether oxygens (including phenoxy) is 1. The SMILES string of the molecule is CCCOc1ccc(C2=CCC(O)(Cc3ccccc3)C=C2)cc1. The maximum atomic E-state index is 10.8. The highest BCUT2D eigenvalue weighted by Gasteiger charge is 2.25. The summed E-state index contributed by atoms with van der Waals surface area (Å²) in [6.07, 6.45) is 8.34. The summed E-state index contributed by atoms with van der Waals surface area (Å²) in [4.78, 5) is 0. The number of benzene rings is 2. The minimum atomic E-state index is -0.797. The van der Waals surface area contributed by atoms with Crippen molar-refractivity contribution in [2.24, 2.45) is 0 Å². The van der Waals surface area contributed by atoms with Gasteiger partial charge in [-0.15, -0.1) is 0 Å². The van der Waals surface area contributed by atoms with Crippen LogP contribution in [0.15, 0.2) is 72.8 Å². The lowest BCUT2D eigenvalue weighted by molar-refractivity contribution is 0.0938. The Morgan fingerprint density at radius 1 is 1.04 bits per heavy atom. The molecule has 124 valence electrons. The Morgan fingerprint density at radius 3 is 2.42 bits per heavy atom. The molecular formula is C22H24O2. The molecule has 0 aromatic heterocycles. The van der Waals surface area contributed by atoms with Crippen LogP contribution in [0.4, 0.5) is 0 Å².